The molecule has 132 valence electrons. The monoisotopic (exact) mass is 370 g/mol. The summed E-state index contributed by atoms with van der Waals surface area (Å²) < 4.78 is 10.3. The van der Waals surface area contributed by atoms with E-state index in [1.54, 1.807) is 36.4 Å². The van der Waals surface area contributed by atoms with Crippen LogP contribution in [0.3, 0.4) is 0 Å². The molecule has 2 amide bonds. The molecule has 2 heterocycles. The molecule has 0 atom stereocenters. The number of hydrogen-bond acceptors (Lipinski definition) is 4. The Morgan fingerprint density at radius 1 is 1.08 bits per heavy atom. The lowest BCUT2D eigenvalue weighted by atomic mass is 10.2. The minimum absolute atomic E-state index is 0.00181. The molecule has 0 radical (unpaired) electrons. The Kier molecular flexibility index (Phi) is 5.24. The summed E-state index contributed by atoms with van der Waals surface area (Å²) in [7, 11) is 0. The van der Waals surface area contributed by atoms with Gasteiger partial charge in [-0.2, -0.15) is 0 Å². The molecule has 0 fully saturated rings. The number of rotatable bonds is 5. The van der Waals surface area contributed by atoms with Gasteiger partial charge in [0, 0.05) is 16.8 Å². The highest BCUT2D eigenvalue weighted by Gasteiger charge is 2.17. The molecular weight excluding hydrogens is 356 g/mol. The Balaban J connectivity index is 1.83. The molecule has 3 rings (SSSR count). The third-order valence-corrected chi connectivity index (χ3v) is 3.90. The van der Waals surface area contributed by atoms with Crippen LogP contribution in [0.2, 0.25) is 5.02 Å². The van der Waals surface area contributed by atoms with Crippen molar-refractivity contribution in [2.24, 2.45) is 0 Å². The third-order valence-electron chi connectivity index (χ3n) is 3.50. The number of amides is 2. The maximum absolute atomic E-state index is 12.6. The molecule has 0 unspecified atom stereocenters. The van der Waals surface area contributed by atoms with Crippen LogP contribution in [0.1, 0.15) is 21.9 Å². The highest BCUT2D eigenvalue weighted by atomic mass is 35.5. The van der Waals surface area contributed by atoms with Crippen LogP contribution in [-0.2, 0) is 4.79 Å². The van der Waals surface area contributed by atoms with Crippen molar-refractivity contribution in [1.82, 2.24) is 5.32 Å². The fraction of sp³-hybridized carbons (Fsp3) is 0.0526. The molecule has 0 spiro atoms. The van der Waals surface area contributed by atoms with Crippen molar-refractivity contribution in [2.45, 2.75) is 6.92 Å². The number of benzene rings is 1. The van der Waals surface area contributed by atoms with E-state index in [4.69, 9.17) is 20.4 Å². The molecule has 0 aliphatic rings. The second-order valence-corrected chi connectivity index (χ2v) is 5.83. The van der Waals surface area contributed by atoms with Crippen LogP contribution in [0.4, 0.5) is 5.69 Å². The van der Waals surface area contributed by atoms with E-state index in [-0.39, 0.29) is 11.5 Å². The molecule has 6 nitrogen and oxygen atoms in total. The van der Waals surface area contributed by atoms with Gasteiger partial charge in [0.2, 0.25) is 0 Å². The Morgan fingerprint density at radius 3 is 2.50 bits per heavy atom. The van der Waals surface area contributed by atoms with Crippen LogP contribution in [0.5, 0.6) is 0 Å². The number of furan rings is 2. The Hall–Kier alpha value is -3.25. The van der Waals surface area contributed by atoms with E-state index >= 15 is 0 Å². The van der Waals surface area contributed by atoms with E-state index < -0.39 is 11.8 Å². The number of aryl methyl sites for hydroxylation is 1. The molecular formula is C19H15ClN2O4. The first kappa shape index (κ1) is 17.6. The van der Waals surface area contributed by atoms with Crippen molar-refractivity contribution in [1.29, 1.82) is 0 Å². The average molecular weight is 371 g/mol. The van der Waals surface area contributed by atoms with Crippen LogP contribution >= 0.6 is 11.6 Å². The van der Waals surface area contributed by atoms with Crippen LogP contribution in [-0.4, -0.2) is 11.8 Å². The number of halogens is 1. The summed E-state index contributed by atoms with van der Waals surface area (Å²) in [6, 6.07) is 11.6. The van der Waals surface area contributed by atoms with Gasteiger partial charge in [-0.3, -0.25) is 9.59 Å². The smallest absolute Gasteiger partial charge is 0.291 e. The molecule has 3 aromatic rings. The lowest BCUT2D eigenvalue weighted by molar-refractivity contribution is -0.113. The number of carbonyl (C=O) groups excluding carboxylic acids is 2. The van der Waals surface area contributed by atoms with Crippen molar-refractivity contribution < 1.29 is 18.4 Å². The lowest BCUT2D eigenvalue weighted by Gasteiger charge is -2.10. The molecule has 0 aliphatic carbocycles. The quantitative estimate of drug-likeness (QED) is 0.658. The van der Waals surface area contributed by atoms with Crippen molar-refractivity contribution >= 4 is 35.2 Å². The zero-order valence-electron chi connectivity index (χ0n) is 13.8. The van der Waals surface area contributed by atoms with E-state index in [1.807, 2.05) is 6.92 Å². The Labute approximate surface area is 154 Å². The number of nitrogens with one attached hydrogen (secondary N) is 2. The second kappa shape index (κ2) is 7.76. The van der Waals surface area contributed by atoms with Gasteiger partial charge in [-0.05, 0) is 48.9 Å². The van der Waals surface area contributed by atoms with Gasteiger partial charge in [-0.15, -0.1) is 0 Å². The summed E-state index contributed by atoms with van der Waals surface area (Å²) in [5, 5.41) is 5.75. The first-order valence-corrected chi connectivity index (χ1v) is 8.08. The van der Waals surface area contributed by atoms with Gasteiger partial charge in [-0.1, -0.05) is 17.7 Å². The molecule has 0 aliphatic heterocycles. The van der Waals surface area contributed by atoms with Gasteiger partial charge in [0.05, 0.1) is 12.5 Å². The molecule has 0 saturated heterocycles. The predicted octanol–water partition coefficient (Wildman–Crippen LogP) is 4.24. The molecule has 0 bridgehead atoms. The van der Waals surface area contributed by atoms with E-state index in [0.717, 1.165) is 5.56 Å². The van der Waals surface area contributed by atoms with Crippen molar-refractivity contribution in [3.8, 4) is 0 Å². The zero-order valence-corrected chi connectivity index (χ0v) is 14.5. The third kappa shape index (κ3) is 4.23. The topological polar surface area (TPSA) is 84.5 Å². The van der Waals surface area contributed by atoms with Crippen molar-refractivity contribution in [2.75, 3.05) is 5.32 Å². The van der Waals surface area contributed by atoms with E-state index in [2.05, 4.69) is 10.6 Å². The van der Waals surface area contributed by atoms with Gasteiger partial charge < -0.3 is 19.5 Å². The molecule has 1 aromatic carbocycles. The van der Waals surface area contributed by atoms with Crippen LogP contribution < -0.4 is 10.6 Å². The Bertz CT molecular complexity index is 944. The zero-order chi connectivity index (χ0) is 18.5. The highest BCUT2D eigenvalue weighted by Crippen LogP contribution is 2.20. The predicted molar refractivity (Wildman–Crippen MR) is 97.7 cm³/mol. The maximum atomic E-state index is 12.6. The summed E-state index contributed by atoms with van der Waals surface area (Å²) in [6.45, 7) is 1.86. The van der Waals surface area contributed by atoms with Crippen molar-refractivity contribution in [3.05, 3.63) is 82.8 Å². The molecule has 2 N–H and O–H groups in total. The van der Waals surface area contributed by atoms with Gasteiger partial charge in [-0.25, -0.2) is 0 Å². The van der Waals surface area contributed by atoms with Crippen LogP contribution in [0.15, 0.2) is 69.5 Å². The number of hydrogen-bond donors (Lipinski definition) is 2. The second-order valence-electron chi connectivity index (χ2n) is 5.42. The fourth-order valence-electron chi connectivity index (χ4n) is 2.13. The number of carbonyl (C=O) groups is 2. The first-order valence-electron chi connectivity index (χ1n) is 7.70. The van der Waals surface area contributed by atoms with E-state index in [1.165, 1.54) is 24.7 Å². The van der Waals surface area contributed by atoms with Gasteiger partial charge >= 0.3 is 0 Å². The number of anilines is 1. The summed E-state index contributed by atoms with van der Waals surface area (Å²) in [6.07, 6.45) is 4.26. The van der Waals surface area contributed by atoms with Gasteiger partial charge in [0.1, 0.15) is 11.5 Å². The normalized spacial score (nSPS) is 11.2. The summed E-state index contributed by atoms with van der Waals surface area (Å²) in [5.41, 5.74) is 1.39. The highest BCUT2D eigenvalue weighted by molar-refractivity contribution is 6.31. The molecule has 0 saturated carbocycles. The van der Waals surface area contributed by atoms with E-state index in [9.17, 15) is 9.59 Å². The molecule has 26 heavy (non-hydrogen) atoms. The molecule has 2 aromatic heterocycles. The molecule has 7 heteroatoms. The average Bonchev–Trinajstić information content (AvgIpc) is 3.31. The van der Waals surface area contributed by atoms with Crippen LogP contribution in [0.25, 0.3) is 6.08 Å². The summed E-state index contributed by atoms with van der Waals surface area (Å²) in [4.78, 5) is 24.9. The maximum Gasteiger partial charge on any atom is 0.291 e. The van der Waals surface area contributed by atoms with Gasteiger partial charge in [0.25, 0.3) is 11.8 Å². The van der Waals surface area contributed by atoms with Crippen LogP contribution in [0, 0.1) is 6.92 Å². The lowest BCUT2D eigenvalue weighted by Crippen LogP contribution is -2.30. The van der Waals surface area contributed by atoms with E-state index in [0.29, 0.717) is 16.5 Å². The minimum Gasteiger partial charge on any atom is -0.465 e. The SMILES string of the molecule is Cc1ccc(NC(=O)C(=Cc2ccco2)NC(=O)c2ccco2)cc1Cl. The standard InChI is InChI=1S/C19H15ClN2O4/c1-12-6-7-13(10-15(12)20)21-18(23)16(11-14-4-2-8-25-14)22-19(24)17-5-3-9-26-17/h2-11H,1H3,(H,21,23)(H,22,24). The largest absolute Gasteiger partial charge is 0.465 e. The first-order chi connectivity index (χ1) is 12.5. The van der Waals surface area contributed by atoms with Gasteiger partial charge in [0.15, 0.2) is 5.76 Å². The minimum atomic E-state index is -0.551. The summed E-state index contributed by atoms with van der Waals surface area (Å²) in [5.74, 6) is -0.579. The van der Waals surface area contributed by atoms with Crippen molar-refractivity contribution in [3.63, 3.8) is 0 Å². The fourth-order valence-corrected chi connectivity index (χ4v) is 2.32. The Morgan fingerprint density at radius 2 is 1.85 bits per heavy atom. The summed E-state index contributed by atoms with van der Waals surface area (Å²) >= 11 is 6.08.